The van der Waals surface area contributed by atoms with Crippen LogP contribution in [0.2, 0.25) is 0 Å². The monoisotopic (exact) mass is 310 g/mol. The number of benzene rings is 1. The van der Waals surface area contributed by atoms with Crippen LogP contribution in [0.5, 0.6) is 0 Å². The first kappa shape index (κ1) is 14.0. The molecule has 100 valence electrons. The fourth-order valence-electron chi connectivity index (χ4n) is 2.61. The molecule has 0 atom stereocenters. The van der Waals surface area contributed by atoms with Gasteiger partial charge in [-0.25, -0.2) is 0 Å². The largest absolute Gasteiger partial charge is 0.315 e. The normalized spacial score (nSPS) is 18.6. The molecule has 1 aromatic rings. The summed E-state index contributed by atoms with van der Waals surface area (Å²) < 4.78 is 1.15. The van der Waals surface area contributed by atoms with Crippen molar-refractivity contribution in [3.05, 3.63) is 34.3 Å². The van der Waals surface area contributed by atoms with Crippen LogP contribution in [-0.2, 0) is 5.41 Å². The van der Waals surface area contributed by atoms with Gasteiger partial charge in [0.2, 0.25) is 0 Å². The summed E-state index contributed by atoms with van der Waals surface area (Å²) >= 11 is 3.50. The first-order valence-corrected chi connectivity index (χ1v) is 7.56. The molecule has 1 fully saturated rings. The zero-order chi connectivity index (χ0) is 13.0. The summed E-state index contributed by atoms with van der Waals surface area (Å²) in [6.07, 6.45) is 1.26. The Morgan fingerprint density at radius 2 is 1.89 bits per heavy atom. The first-order chi connectivity index (χ1) is 8.58. The van der Waals surface area contributed by atoms with Gasteiger partial charge in [0.15, 0.2) is 0 Å². The lowest BCUT2D eigenvalue weighted by Gasteiger charge is -2.32. The summed E-state index contributed by atoms with van der Waals surface area (Å²) in [5.74, 6) is 0. The number of nitrogens with one attached hydrogen (secondary N) is 1. The van der Waals surface area contributed by atoms with Gasteiger partial charge in [0.25, 0.3) is 0 Å². The Labute approximate surface area is 119 Å². The molecule has 0 saturated carbocycles. The maximum Gasteiger partial charge on any atom is 0.0175 e. The van der Waals surface area contributed by atoms with Crippen LogP contribution in [0.25, 0.3) is 0 Å². The van der Waals surface area contributed by atoms with Crippen LogP contribution in [0, 0.1) is 0 Å². The minimum atomic E-state index is 0.213. The van der Waals surface area contributed by atoms with E-state index >= 15 is 0 Å². The van der Waals surface area contributed by atoms with E-state index in [1.165, 1.54) is 25.1 Å². The van der Waals surface area contributed by atoms with E-state index in [-0.39, 0.29) is 5.41 Å². The van der Waals surface area contributed by atoms with Gasteiger partial charge >= 0.3 is 0 Å². The van der Waals surface area contributed by atoms with Crippen LogP contribution in [0.15, 0.2) is 28.7 Å². The third-order valence-corrected chi connectivity index (χ3v) is 4.21. The molecular weight excluding hydrogens is 288 g/mol. The van der Waals surface area contributed by atoms with Crippen LogP contribution < -0.4 is 5.32 Å². The molecule has 1 saturated heterocycles. The SMILES string of the molecule is CC(C)(CN1CCCNCC1)c1ccc(Br)cc1. The van der Waals surface area contributed by atoms with Crippen LogP contribution in [0.4, 0.5) is 0 Å². The lowest BCUT2D eigenvalue weighted by atomic mass is 9.84. The van der Waals surface area contributed by atoms with E-state index in [9.17, 15) is 0 Å². The topological polar surface area (TPSA) is 15.3 Å². The van der Waals surface area contributed by atoms with Crippen molar-refractivity contribution >= 4 is 15.9 Å². The third-order valence-electron chi connectivity index (χ3n) is 3.68. The van der Waals surface area contributed by atoms with Gasteiger partial charge in [0.05, 0.1) is 0 Å². The third kappa shape index (κ3) is 3.81. The summed E-state index contributed by atoms with van der Waals surface area (Å²) in [6.45, 7) is 10.5. The summed E-state index contributed by atoms with van der Waals surface area (Å²) in [4.78, 5) is 2.59. The Balaban J connectivity index is 2.03. The van der Waals surface area contributed by atoms with E-state index in [0.717, 1.165) is 24.1 Å². The minimum absolute atomic E-state index is 0.213. The van der Waals surface area contributed by atoms with Gasteiger partial charge < -0.3 is 10.2 Å². The molecule has 0 bridgehead atoms. The van der Waals surface area contributed by atoms with Gasteiger partial charge in [0.1, 0.15) is 0 Å². The highest BCUT2D eigenvalue weighted by molar-refractivity contribution is 9.10. The molecule has 2 nitrogen and oxygen atoms in total. The Kier molecular flexibility index (Phi) is 4.82. The van der Waals surface area contributed by atoms with Crippen molar-refractivity contribution in [1.82, 2.24) is 10.2 Å². The molecule has 0 aliphatic carbocycles. The van der Waals surface area contributed by atoms with Gasteiger partial charge in [-0.05, 0) is 37.2 Å². The van der Waals surface area contributed by atoms with Gasteiger partial charge in [-0.3, -0.25) is 0 Å². The standard InChI is InChI=1S/C15H23BrN2/c1-15(2,13-4-6-14(16)7-5-13)12-18-10-3-8-17-9-11-18/h4-7,17H,3,8-12H2,1-2H3. The Bertz CT molecular complexity index is 365. The number of nitrogens with zero attached hydrogens (tertiary/aromatic N) is 1. The highest BCUT2D eigenvalue weighted by Gasteiger charge is 2.24. The molecule has 0 radical (unpaired) electrons. The molecular formula is C15H23BrN2. The molecule has 0 aromatic heterocycles. The zero-order valence-corrected chi connectivity index (χ0v) is 13.0. The molecule has 1 aliphatic rings. The second kappa shape index (κ2) is 6.18. The van der Waals surface area contributed by atoms with Gasteiger partial charge in [-0.2, -0.15) is 0 Å². The molecule has 1 aromatic carbocycles. The summed E-state index contributed by atoms with van der Waals surface area (Å²) in [7, 11) is 0. The first-order valence-electron chi connectivity index (χ1n) is 6.77. The molecule has 0 amide bonds. The van der Waals surface area contributed by atoms with Crippen molar-refractivity contribution < 1.29 is 0 Å². The zero-order valence-electron chi connectivity index (χ0n) is 11.4. The second-order valence-electron chi connectivity index (χ2n) is 5.77. The predicted octanol–water partition coefficient (Wildman–Crippen LogP) is 3.02. The molecule has 2 rings (SSSR count). The Morgan fingerprint density at radius 1 is 1.17 bits per heavy atom. The molecule has 0 unspecified atom stereocenters. The Hall–Kier alpha value is -0.380. The average Bonchev–Trinajstić information content (AvgIpc) is 2.57. The molecule has 18 heavy (non-hydrogen) atoms. The smallest absolute Gasteiger partial charge is 0.0175 e. The van der Waals surface area contributed by atoms with Crippen LogP contribution in [0.3, 0.4) is 0 Å². The fraction of sp³-hybridized carbons (Fsp3) is 0.600. The van der Waals surface area contributed by atoms with Crippen molar-refractivity contribution in [3.63, 3.8) is 0 Å². The predicted molar refractivity (Wildman–Crippen MR) is 81.1 cm³/mol. The Morgan fingerprint density at radius 3 is 2.61 bits per heavy atom. The lowest BCUT2D eigenvalue weighted by molar-refractivity contribution is 0.237. The van der Waals surface area contributed by atoms with E-state index in [0.29, 0.717) is 0 Å². The van der Waals surface area contributed by atoms with Crippen LogP contribution in [0.1, 0.15) is 25.8 Å². The highest BCUT2D eigenvalue weighted by Crippen LogP contribution is 2.26. The van der Waals surface area contributed by atoms with Crippen molar-refractivity contribution in [3.8, 4) is 0 Å². The van der Waals surface area contributed by atoms with Crippen LogP contribution >= 0.6 is 15.9 Å². The molecule has 1 aliphatic heterocycles. The maximum atomic E-state index is 3.50. The molecule has 1 heterocycles. The quantitative estimate of drug-likeness (QED) is 0.923. The molecule has 1 N–H and O–H groups in total. The van der Waals surface area contributed by atoms with Crippen molar-refractivity contribution in [2.45, 2.75) is 25.7 Å². The van der Waals surface area contributed by atoms with E-state index in [1.54, 1.807) is 0 Å². The van der Waals surface area contributed by atoms with Crippen molar-refractivity contribution in [1.29, 1.82) is 0 Å². The maximum absolute atomic E-state index is 3.50. The summed E-state index contributed by atoms with van der Waals surface area (Å²) in [5.41, 5.74) is 1.63. The highest BCUT2D eigenvalue weighted by atomic mass is 79.9. The van der Waals surface area contributed by atoms with Gasteiger partial charge in [-0.1, -0.05) is 41.9 Å². The average molecular weight is 311 g/mol. The number of hydrogen-bond donors (Lipinski definition) is 1. The minimum Gasteiger partial charge on any atom is -0.315 e. The van der Waals surface area contributed by atoms with Crippen molar-refractivity contribution in [2.24, 2.45) is 0 Å². The number of rotatable bonds is 3. The summed E-state index contributed by atoms with van der Waals surface area (Å²) in [6, 6.07) is 8.75. The van der Waals surface area contributed by atoms with E-state index < -0.39 is 0 Å². The van der Waals surface area contributed by atoms with Crippen LogP contribution in [-0.4, -0.2) is 37.6 Å². The summed E-state index contributed by atoms with van der Waals surface area (Å²) in [5, 5.41) is 3.46. The second-order valence-corrected chi connectivity index (χ2v) is 6.69. The van der Waals surface area contributed by atoms with Crippen molar-refractivity contribution in [2.75, 3.05) is 32.7 Å². The fourth-order valence-corrected chi connectivity index (χ4v) is 2.88. The van der Waals surface area contributed by atoms with E-state index in [2.05, 4.69) is 64.3 Å². The van der Waals surface area contributed by atoms with E-state index in [4.69, 9.17) is 0 Å². The van der Waals surface area contributed by atoms with E-state index in [1.807, 2.05) is 0 Å². The number of hydrogen-bond acceptors (Lipinski definition) is 2. The molecule has 3 heteroatoms. The lowest BCUT2D eigenvalue weighted by Crippen LogP contribution is -2.38. The number of halogens is 1. The van der Waals surface area contributed by atoms with Gasteiger partial charge in [0, 0.05) is 29.5 Å². The van der Waals surface area contributed by atoms with Gasteiger partial charge in [-0.15, -0.1) is 0 Å². The molecule has 0 spiro atoms.